The molecule has 0 spiro atoms. The fourth-order valence-corrected chi connectivity index (χ4v) is 2.53. The van der Waals surface area contributed by atoms with Crippen molar-refractivity contribution in [2.45, 2.75) is 71.4 Å². The van der Waals surface area contributed by atoms with Gasteiger partial charge in [0, 0.05) is 12.1 Å². The Morgan fingerprint density at radius 1 is 1.28 bits per heavy atom. The van der Waals surface area contributed by atoms with Crippen molar-refractivity contribution >= 4 is 0 Å². The molecule has 1 aliphatic rings. The molecule has 106 valence electrons. The first kappa shape index (κ1) is 15.7. The van der Waals surface area contributed by atoms with E-state index in [-0.39, 0.29) is 5.54 Å². The summed E-state index contributed by atoms with van der Waals surface area (Å²) >= 11 is 0. The quantitative estimate of drug-likeness (QED) is 0.725. The van der Waals surface area contributed by atoms with E-state index in [1.165, 1.54) is 32.1 Å². The SMILES string of the molecule is C=C(CNC(C)(C)C)COC1CCCCC1CC. The molecule has 1 fully saturated rings. The van der Waals surface area contributed by atoms with E-state index in [4.69, 9.17) is 4.74 Å². The highest BCUT2D eigenvalue weighted by Gasteiger charge is 2.24. The Labute approximate surface area is 113 Å². The van der Waals surface area contributed by atoms with Gasteiger partial charge in [-0.05, 0) is 45.1 Å². The van der Waals surface area contributed by atoms with Gasteiger partial charge < -0.3 is 10.1 Å². The molecule has 0 aromatic heterocycles. The lowest BCUT2D eigenvalue weighted by Gasteiger charge is -2.31. The molecule has 0 aromatic rings. The normalized spacial score (nSPS) is 25.1. The van der Waals surface area contributed by atoms with Gasteiger partial charge in [0.25, 0.3) is 0 Å². The summed E-state index contributed by atoms with van der Waals surface area (Å²) in [6, 6.07) is 0. The number of hydrogen-bond acceptors (Lipinski definition) is 2. The Morgan fingerprint density at radius 3 is 2.56 bits per heavy atom. The van der Waals surface area contributed by atoms with Crippen LogP contribution in [0.25, 0.3) is 0 Å². The van der Waals surface area contributed by atoms with Gasteiger partial charge in [-0.25, -0.2) is 0 Å². The van der Waals surface area contributed by atoms with Gasteiger partial charge in [0.1, 0.15) is 0 Å². The van der Waals surface area contributed by atoms with Gasteiger partial charge in [-0.3, -0.25) is 0 Å². The smallest absolute Gasteiger partial charge is 0.0690 e. The third-order valence-corrected chi connectivity index (χ3v) is 3.73. The first-order valence-corrected chi connectivity index (χ1v) is 7.45. The first-order valence-electron chi connectivity index (χ1n) is 7.45. The predicted octanol–water partition coefficient (Wildman–Crippen LogP) is 3.92. The summed E-state index contributed by atoms with van der Waals surface area (Å²) in [5.41, 5.74) is 1.31. The highest BCUT2D eigenvalue weighted by molar-refractivity contribution is 4.99. The van der Waals surface area contributed by atoms with E-state index in [0.29, 0.717) is 12.7 Å². The van der Waals surface area contributed by atoms with Crippen LogP contribution in [-0.2, 0) is 4.74 Å². The van der Waals surface area contributed by atoms with Crippen molar-refractivity contribution in [3.05, 3.63) is 12.2 Å². The molecular weight excluding hydrogens is 222 g/mol. The summed E-state index contributed by atoms with van der Waals surface area (Å²) in [6.07, 6.45) is 7.00. The second-order valence-corrected chi connectivity index (χ2v) is 6.66. The highest BCUT2D eigenvalue weighted by atomic mass is 16.5. The van der Waals surface area contributed by atoms with Crippen molar-refractivity contribution in [1.29, 1.82) is 0 Å². The minimum Gasteiger partial charge on any atom is -0.374 e. The molecule has 1 saturated carbocycles. The fraction of sp³-hybridized carbons (Fsp3) is 0.875. The molecule has 0 aliphatic heterocycles. The average molecular weight is 253 g/mol. The highest BCUT2D eigenvalue weighted by Crippen LogP contribution is 2.29. The minimum atomic E-state index is 0.153. The van der Waals surface area contributed by atoms with Crippen LogP contribution >= 0.6 is 0 Å². The standard InChI is InChI=1S/C16H31NO/c1-6-14-9-7-8-10-15(14)18-12-13(2)11-17-16(3,4)5/h14-15,17H,2,6-12H2,1,3-5H3. The van der Waals surface area contributed by atoms with E-state index in [1.807, 2.05) is 0 Å². The number of ether oxygens (including phenoxy) is 1. The van der Waals surface area contributed by atoms with Crippen LogP contribution in [0.1, 0.15) is 59.8 Å². The Balaban J connectivity index is 2.24. The van der Waals surface area contributed by atoms with Crippen LogP contribution in [0, 0.1) is 5.92 Å². The molecule has 2 heteroatoms. The molecule has 18 heavy (non-hydrogen) atoms. The molecule has 0 amide bonds. The van der Waals surface area contributed by atoms with Crippen molar-refractivity contribution in [2.24, 2.45) is 5.92 Å². The molecule has 0 saturated heterocycles. The van der Waals surface area contributed by atoms with E-state index in [1.54, 1.807) is 0 Å². The van der Waals surface area contributed by atoms with Crippen LogP contribution < -0.4 is 5.32 Å². The summed E-state index contributed by atoms with van der Waals surface area (Å²) < 4.78 is 6.07. The molecule has 0 aromatic carbocycles. The van der Waals surface area contributed by atoms with Gasteiger partial charge in [0.2, 0.25) is 0 Å². The van der Waals surface area contributed by atoms with Crippen LogP contribution in [0.4, 0.5) is 0 Å². The molecule has 2 nitrogen and oxygen atoms in total. The zero-order chi connectivity index (χ0) is 13.6. The van der Waals surface area contributed by atoms with E-state index < -0.39 is 0 Å². The summed E-state index contributed by atoms with van der Waals surface area (Å²) in [6.45, 7) is 14.5. The van der Waals surface area contributed by atoms with Crippen LogP contribution in [0.5, 0.6) is 0 Å². The maximum Gasteiger partial charge on any atom is 0.0690 e. The lowest BCUT2D eigenvalue weighted by Crippen LogP contribution is -2.38. The molecule has 0 bridgehead atoms. The van der Waals surface area contributed by atoms with Crippen molar-refractivity contribution in [3.8, 4) is 0 Å². The average Bonchev–Trinajstić information content (AvgIpc) is 2.33. The topological polar surface area (TPSA) is 21.3 Å². The number of rotatable bonds is 6. The Morgan fingerprint density at radius 2 is 1.94 bits per heavy atom. The van der Waals surface area contributed by atoms with Gasteiger partial charge in [-0.15, -0.1) is 0 Å². The van der Waals surface area contributed by atoms with Crippen LogP contribution in [0.15, 0.2) is 12.2 Å². The molecule has 1 rings (SSSR count). The van der Waals surface area contributed by atoms with Gasteiger partial charge in [0.05, 0.1) is 12.7 Å². The second kappa shape index (κ2) is 7.30. The van der Waals surface area contributed by atoms with E-state index in [0.717, 1.165) is 18.0 Å². The number of nitrogens with one attached hydrogen (secondary N) is 1. The van der Waals surface area contributed by atoms with E-state index in [9.17, 15) is 0 Å². The van der Waals surface area contributed by atoms with Gasteiger partial charge in [-0.2, -0.15) is 0 Å². The Bertz CT molecular complexity index is 254. The largest absolute Gasteiger partial charge is 0.374 e. The molecule has 1 aliphatic carbocycles. The lowest BCUT2D eigenvalue weighted by molar-refractivity contribution is -0.00105. The molecular formula is C16H31NO. The summed E-state index contributed by atoms with van der Waals surface area (Å²) in [5.74, 6) is 0.766. The van der Waals surface area contributed by atoms with Crippen LogP contribution in [0.3, 0.4) is 0 Å². The maximum absolute atomic E-state index is 6.07. The molecule has 1 N–H and O–H groups in total. The molecule has 0 heterocycles. The lowest BCUT2D eigenvalue weighted by atomic mass is 9.85. The Hall–Kier alpha value is -0.340. The van der Waals surface area contributed by atoms with Gasteiger partial charge in [0.15, 0.2) is 0 Å². The number of hydrogen-bond donors (Lipinski definition) is 1. The van der Waals surface area contributed by atoms with Crippen molar-refractivity contribution in [2.75, 3.05) is 13.2 Å². The van der Waals surface area contributed by atoms with E-state index >= 15 is 0 Å². The van der Waals surface area contributed by atoms with Crippen molar-refractivity contribution in [3.63, 3.8) is 0 Å². The minimum absolute atomic E-state index is 0.153. The third-order valence-electron chi connectivity index (χ3n) is 3.73. The molecule has 2 unspecified atom stereocenters. The van der Waals surface area contributed by atoms with Gasteiger partial charge in [-0.1, -0.05) is 32.8 Å². The van der Waals surface area contributed by atoms with Crippen LogP contribution in [-0.4, -0.2) is 24.8 Å². The zero-order valence-electron chi connectivity index (χ0n) is 12.7. The molecule has 2 atom stereocenters. The maximum atomic E-state index is 6.07. The Kier molecular flexibility index (Phi) is 6.37. The summed E-state index contributed by atoms with van der Waals surface area (Å²) in [7, 11) is 0. The van der Waals surface area contributed by atoms with Crippen molar-refractivity contribution in [1.82, 2.24) is 5.32 Å². The first-order chi connectivity index (χ1) is 8.42. The third kappa shape index (κ3) is 6.01. The monoisotopic (exact) mass is 253 g/mol. The fourth-order valence-electron chi connectivity index (χ4n) is 2.53. The molecule has 0 radical (unpaired) electrons. The second-order valence-electron chi connectivity index (χ2n) is 6.66. The van der Waals surface area contributed by atoms with Crippen molar-refractivity contribution < 1.29 is 4.74 Å². The summed E-state index contributed by atoms with van der Waals surface area (Å²) in [4.78, 5) is 0. The zero-order valence-corrected chi connectivity index (χ0v) is 12.7. The predicted molar refractivity (Wildman–Crippen MR) is 78.9 cm³/mol. The summed E-state index contributed by atoms with van der Waals surface area (Å²) in [5, 5.41) is 3.46. The van der Waals surface area contributed by atoms with Crippen LogP contribution in [0.2, 0.25) is 0 Å². The van der Waals surface area contributed by atoms with E-state index in [2.05, 4.69) is 39.6 Å². The van der Waals surface area contributed by atoms with Gasteiger partial charge >= 0.3 is 0 Å².